The quantitative estimate of drug-likeness (QED) is 0.817. The van der Waals surface area contributed by atoms with Crippen LogP contribution in [0.25, 0.3) is 0 Å². The normalized spacial score (nSPS) is 14.8. The molecule has 2 aromatic rings. The van der Waals surface area contributed by atoms with Gasteiger partial charge in [0.15, 0.2) is 5.82 Å². The highest BCUT2D eigenvalue weighted by atomic mass is 35.5. The second-order valence-electron chi connectivity index (χ2n) is 6.39. The molecular formula is C18H22ClN5O3. The number of rotatable bonds is 5. The molecule has 0 aliphatic carbocycles. The average Bonchev–Trinajstić information content (AvgIpc) is 3.07. The number of aryl methyl sites for hydroxylation is 1. The molecule has 0 spiro atoms. The van der Waals surface area contributed by atoms with E-state index < -0.39 is 0 Å². The number of anilines is 2. The van der Waals surface area contributed by atoms with Crippen LogP contribution < -0.4 is 10.6 Å². The first-order valence-corrected chi connectivity index (χ1v) is 9.14. The fraction of sp³-hybridized carbons (Fsp3) is 0.389. The van der Waals surface area contributed by atoms with E-state index in [9.17, 15) is 9.59 Å². The van der Waals surface area contributed by atoms with E-state index in [-0.39, 0.29) is 11.9 Å². The molecule has 2 N–H and O–H groups in total. The highest BCUT2D eigenvalue weighted by Crippen LogP contribution is 2.14. The number of carbonyl (C=O) groups is 2. The monoisotopic (exact) mass is 391 g/mol. The SMILES string of the molecule is Cc1cc(NC(=O)CCN2CCN(C(=O)Nc3ccc(Cl)cc3)CC2)no1. The number of benzene rings is 1. The molecule has 1 fully saturated rings. The number of piperazine rings is 1. The number of aromatic nitrogens is 1. The standard InChI is InChI=1S/C18H22ClN5O3/c1-13-12-16(22-27-13)21-17(25)6-7-23-8-10-24(11-9-23)18(26)20-15-4-2-14(19)3-5-15/h2-5,12H,6-11H2,1H3,(H,20,26)(H,21,22,25). The second-order valence-corrected chi connectivity index (χ2v) is 6.82. The van der Waals surface area contributed by atoms with Crippen LogP contribution in [-0.4, -0.2) is 59.6 Å². The molecule has 0 radical (unpaired) electrons. The average molecular weight is 392 g/mol. The third-order valence-corrected chi connectivity index (χ3v) is 4.56. The number of halogens is 1. The first-order chi connectivity index (χ1) is 13.0. The van der Waals surface area contributed by atoms with Gasteiger partial charge in [0.1, 0.15) is 5.76 Å². The van der Waals surface area contributed by atoms with Crippen molar-refractivity contribution in [3.8, 4) is 0 Å². The van der Waals surface area contributed by atoms with Gasteiger partial charge >= 0.3 is 6.03 Å². The minimum Gasteiger partial charge on any atom is -0.360 e. The molecule has 1 aliphatic rings. The summed E-state index contributed by atoms with van der Waals surface area (Å²) in [6.07, 6.45) is 0.364. The molecule has 3 rings (SSSR count). The molecular weight excluding hydrogens is 370 g/mol. The summed E-state index contributed by atoms with van der Waals surface area (Å²) < 4.78 is 4.92. The number of amides is 3. The van der Waals surface area contributed by atoms with Crippen LogP contribution >= 0.6 is 11.6 Å². The van der Waals surface area contributed by atoms with Gasteiger partial charge in [0.05, 0.1) is 0 Å². The van der Waals surface area contributed by atoms with E-state index in [1.165, 1.54) is 0 Å². The van der Waals surface area contributed by atoms with Crippen LogP contribution in [0.3, 0.4) is 0 Å². The number of nitrogens with one attached hydrogen (secondary N) is 2. The summed E-state index contributed by atoms with van der Waals surface area (Å²) in [5.41, 5.74) is 0.714. The van der Waals surface area contributed by atoms with Gasteiger partial charge in [0.25, 0.3) is 0 Å². The van der Waals surface area contributed by atoms with Gasteiger partial charge in [0, 0.05) is 55.9 Å². The summed E-state index contributed by atoms with van der Waals surface area (Å²) in [4.78, 5) is 28.2. The number of hydrogen-bond acceptors (Lipinski definition) is 5. The van der Waals surface area contributed by atoms with E-state index >= 15 is 0 Å². The van der Waals surface area contributed by atoms with E-state index in [1.54, 1.807) is 42.2 Å². The predicted octanol–water partition coefficient (Wildman–Crippen LogP) is 2.81. The zero-order valence-electron chi connectivity index (χ0n) is 15.1. The molecule has 1 aromatic heterocycles. The maximum atomic E-state index is 12.3. The van der Waals surface area contributed by atoms with Crippen molar-refractivity contribution in [2.75, 3.05) is 43.4 Å². The second kappa shape index (κ2) is 8.88. The van der Waals surface area contributed by atoms with Gasteiger partial charge < -0.3 is 20.1 Å². The lowest BCUT2D eigenvalue weighted by atomic mass is 10.3. The van der Waals surface area contributed by atoms with E-state index in [0.29, 0.717) is 48.3 Å². The highest BCUT2D eigenvalue weighted by molar-refractivity contribution is 6.30. The molecule has 1 aromatic carbocycles. The van der Waals surface area contributed by atoms with Crippen molar-refractivity contribution >= 4 is 35.0 Å². The van der Waals surface area contributed by atoms with Crippen LogP contribution in [0, 0.1) is 6.92 Å². The molecule has 0 atom stereocenters. The lowest BCUT2D eigenvalue weighted by molar-refractivity contribution is -0.116. The Hall–Kier alpha value is -2.58. The van der Waals surface area contributed by atoms with Crippen molar-refractivity contribution in [2.45, 2.75) is 13.3 Å². The molecule has 1 saturated heterocycles. The van der Waals surface area contributed by atoms with Gasteiger partial charge in [-0.1, -0.05) is 16.8 Å². The molecule has 9 heteroatoms. The summed E-state index contributed by atoms with van der Waals surface area (Å²) >= 11 is 5.85. The van der Waals surface area contributed by atoms with Crippen molar-refractivity contribution in [1.82, 2.24) is 15.0 Å². The van der Waals surface area contributed by atoms with Gasteiger partial charge in [-0.15, -0.1) is 0 Å². The fourth-order valence-electron chi connectivity index (χ4n) is 2.80. The Labute approximate surface area is 162 Å². The third-order valence-electron chi connectivity index (χ3n) is 4.31. The van der Waals surface area contributed by atoms with Gasteiger partial charge in [-0.3, -0.25) is 9.69 Å². The Morgan fingerprint density at radius 3 is 2.48 bits per heavy atom. The molecule has 0 bridgehead atoms. The van der Waals surface area contributed by atoms with Crippen molar-refractivity contribution < 1.29 is 14.1 Å². The van der Waals surface area contributed by atoms with Gasteiger partial charge in [-0.25, -0.2) is 4.79 Å². The van der Waals surface area contributed by atoms with Crippen molar-refractivity contribution in [1.29, 1.82) is 0 Å². The van der Waals surface area contributed by atoms with E-state index in [0.717, 1.165) is 13.1 Å². The number of hydrogen-bond donors (Lipinski definition) is 2. The zero-order valence-corrected chi connectivity index (χ0v) is 15.8. The maximum Gasteiger partial charge on any atom is 0.321 e. The maximum absolute atomic E-state index is 12.3. The number of nitrogens with zero attached hydrogens (tertiary/aromatic N) is 3. The molecule has 144 valence electrons. The predicted molar refractivity (Wildman–Crippen MR) is 103 cm³/mol. The minimum absolute atomic E-state index is 0.105. The Bertz CT molecular complexity index is 785. The summed E-state index contributed by atoms with van der Waals surface area (Å²) in [5.74, 6) is 0.977. The molecule has 1 aliphatic heterocycles. The Balaban J connectivity index is 1.37. The zero-order chi connectivity index (χ0) is 19.2. The van der Waals surface area contributed by atoms with Crippen molar-refractivity contribution in [3.63, 3.8) is 0 Å². The molecule has 8 nitrogen and oxygen atoms in total. The lowest BCUT2D eigenvalue weighted by Gasteiger charge is -2.34. The molecule has 0 unspecified atom stereocenters. The van der Waals surface area contributed by atoms with Crippen LogP contribution in [0.15, 0.2) is 34.9 Å². The van der Waals surface area contributed by atoms with Crippen LogP contribution in [0.1, 0.15) is 12.2 Å². The largest absolute Gasteiger partial charge is 0.360 e. The first kappa shape index (κ1) is 19.2. The van der Waals surface area contributed by atoms with E-state index in [4.69, 9.17) is 16.1 Å². The van der Waals surface area contributed by atoms with Gasteiger partial charge in [0.2, 0.25) is 5.91 Å². The first-order valence-electron chi connectivity index (χ1n) is 8.76. The number of carbonyl (C=O) groups excluding carboxylic acids is 2. The Morgan fingerprint density at radius 1 is 1.15 bits per heavy atom. The van der Waals surface area contributed by atoms with Crippen LogP contribution in [0.4, 0.5) is 16.3 Å². The van der Waals surface area contributed by atoms with Gasteiger partial charge in [-0.2, -0.15) is 0 Å². The van der Waals surface area contributed by atoms with Gasteiger partial charge in [-0.05, 0) is 31.2 Å². The summed E-state index contributed by atoms with van der Waals surface area (Å²) in [6.45, 7) is 5.09. The Morgan fingerprint density at radius 2 is 1.85 bits per heavy atom. The van der Waals surface area contributed by atoms with E-state index in [1.807, 2.05) is 0 Å². The topological polar surface area (TPSA) is 90.7 Å². The van der Waals surface area contributed by atoms with Crippen LogP contribution in [-0.2, 0) is 4.79 Å². The number of urea groups is 1. The lowest BCUT2D eigenvalue weighted by Crippen LogP contribution is -2.50. The molecule has 27 heavy (non-hydrogen) atoms. The van der Waals surface area contributed by atoms with E-state index in [2.05, 4.69) is 20.7 Å². The third kappa shape index (κ3) is 5.70. The Kier molecular flexibility index (Phi) is 6.31. The summed E-state index contributed by atoms with van der Waals surface area (Å²) in [7, 11) is 0. The van der Waals surface area contributed by atoms with Crippen LogP contribution in [0.2, 0.25) is 5.02 Å². The van der Waals surface area contributed by atoms with Crippen LogP contribution in [0.5, 0.6) is 0 Å². The minimum atomic E-state index is -0.129. The fourth-order valence-corrected chi connectivity index (χ4v) is 2.93. The smallest absolute Gasteiger partial charge is 0.321 e. The molecule has 0 saturated carbocycles. The summed E-state index contributed by atoms with van der Waals surface area (Å²) in [6, 6.07) is 8.56. The van der Waals surface area contributed by atoms with Crippen molar-refractivity contribution in [2.24, 2.45) is 0 Å². The molecule has 2 heterocycles. The summed E-state index contributed by atoms with van der Waals surface area (Å²) in [5, 5.41) is 9.94. The highest BCUT2D eigenvalue weighted by Gasteiger charge is 2.21. The molecule has 3 amide bonds. The van der Waals surface area contributed by atoms with Crippen molar-refractivity contribution in [3.05, 3.63) is 41.1 Å².